The molecule has 0 unspecified atom stereocenters. The molecule has 0 saturated heterocycles. The number of hydrogen-bond donors (Lipinski definition) is 1. The van der Waals surface area contributed by atoms with Gasteiger partial charge in [0, 0.05) is 5.02 Å². The van der Waals surface area contributed by atoms with E-state index in [4.69, 9.17) is 13.0 Å². The van der Waals surface area contributed by atoms with Gasteiger partial charge in [-0.15, -0.1) is 0 Å². The van der Waals surface area contributed by atoms with Crippen molar-refractivity contribution in [2.75, 3.05) is 0 Å². The first-order chi connectivity index (χ1) is 8.88. The van der Waals surface area contributed by atoms with Crippen LogP contribution in [-0.2, 0) is 11.0 Å². The van der Waals surface area contributed by atoms with E-state index in [2.05, 4.69) is 0 Å². The highest BCUT2D eigenvalue weighted by Gasteiger charge is 2.42. The first-order valence-corrected chi connectivity index (χ1v) is 6.93. The van der Waals surface area contributed by atoms with Gasteiger partial charge in [-0.25, -0.2) is 8.93 Å². The van der Waals surface area contributed by atoms with E-state index in [0.717, 1.165) is 12.1 Å². The van der Waals surface area contributed by atoms with Crippen LogP contribution in [0.15, 0.2) is 24.3 Å². The Morgan fingerprint density at radius 2 is 1.74 bits per heavy atom. The topological polar surface area (TPSA) is 29.1 Å². The smallest absolute Gasteiger partial charge is 0.242 e. The molecular formula is C12H15ClF3NOS. The van der Waals surface area contributed by atoms with Crippen molar-refractivity contribution in [3.05, 3.63) is 34.9 Å². The van der Waals surface area contributed by atoms with Gasteiger partial charge in [-0.05, 0) is 38.5 Å². The Hall–Kier alpha value is -0.590. The molecule has 0 aliphatic carbocycles. The average Bonchev–Trinajstić information content (AvgIpc) is 2.26. The normalized spacial score (nSPS) is 18.6. The number of rotatable bonds is 3. The van der Waals surface area contributed by atoms with Gasteiger partial charge in [-0.1, -0.05) is 23.7 Å². The van der Waals surface area contributed by atoms with Crippen molar-refractivity contribution in [3.63, 3.8) is 0 Å². The van der Waals surface area contributed by atoms with Crippen LogP contribution in [0.25, 0.3) is 0 Å². The van der Waals surface area contributed by atoms with Crippen molar-refractivity contribution in [1.29, 1.82) is 0 Å². The standard InChI is InChI=1S/C12H15ClF3NOS/c1-11(2,3)19(18)17-10(12(14,15)16)8-4-6-9(13)7-5-8/h4-7,10,17H,1-3H3/t10-,19+/m0/s1/i10D. The third-order valence-electron chi connectivity index (χ3n) is 2.17. The van der Waals surface area contributed by atoms with Crippen LogP contribution >= 0.6 is 11.6 Å². The summed E-state index contributed by atoms with van der Waals surface area (Å²) < 4.78 is 60.3. The maximum atomic E-state index is 13.2. The highest BCUT2D eigenvalue weighted by atomic mass is 35.5. The number of alkyl halides is 3. The second kappa shape index (κ2) is 5.81. The quantitative estimate of drug-likeness (QED) is 0.898. The molecule has 0 fully saturated rings. The zero-order valence-electron chi connectivity index (χ0n) is 11.6. The summed E-state index contributed by atoms with van der Waals surface area (Å²) in [6.45, 7) is 4.57. The van der Waals surface area contributed by atoms with Crippen LogP contribution in [0.1, 0.15) is 33.7 Å². The molecule has 0 radical (unpaired) electrons. The molecule has 1 aromatic carbocycles. The van der Waals surface area contributed by atoms with Crippen molar-refractivity contribution >= 4 is 22.6 Å². The van der Waals surface area contributed by atoms with E-state index in [-0.39, 0.29) is 10.6 Å². The lowest BCUT2D eigenvalue weighted by molar-refractivity contribution is -0.152. The zero-order chi connectivity index (χ0) is 15.8. The largest absolute Gasteiger partial charge is 0.408 e. The minimum atomic E-state index is -4.93. The van der Waals surface area contributed by atoms with Crippen LogP contribution in [0.2, 0.25) is 5.02 Å². The van der Waals surface area contributed by atoms with E-state index in [1.54, 1.807) is 0 Å². The second-order valence-electron chi connectivity index (χ2n) is 4.86. The maximum Gasteiger partial charge on any atom is 0.408 e. The molecule has 108 valence electrons. The van der Waals surface area contributed by atoms with E-state index in [9.17, 15) is 17.4 Å². The summed E-state index contributed by atoms with van der Waals surface area (Å²) in [7, 11) is -2.05. The van der Waals surface area contributed by atoms with Gasteiger partial charge in [0.05, 0.1) is 17.1 Å². The minimum Gasteiger partial charge on any atom is -0.242 e. The molecule has 2 nitrogen and oxygen atoms in total. The Kier molecular flexibility index (Phi) is 4.53. The summed E-state index contributed by atoms with van der Waals surface area (Å²) in [6.07, 6.45) is -4.93. The Balaban J connectivity index is 3.25. The van der Waals surface area contributed by atoms with Crippen LogP contribution < -0.4 is 4.72 Å². The van der Waals surface area contributed by atoms with Gasteiger partial charge in [0.2, 0.25) is 0 Å². The SMILES string of the molecule is [2H][C@](N[S@](=O)C(C)(C)C)(c1ccc(Cl)cc1)C(F)(F)F. The molecule has 0 amide bonds. The van der Waals surface area contributed by atoms with E-state index in [1.807, 2.05) is 4.72 Å². The third-order valence-corrected chi connectivity index (χ3v) is 3.92. The molecule has 0 spiro atoms. The van der Waals surface area contributed by atoms with Crippen molar-refractivity contribution in [1.82, 2.24) is 4.72 Å². The van der Waals surface area contributed by atoms with Crippen molar-refractivity contribution < 1.29 is 18.8 Å². The van der Waals surface area contributed by atoms with Gasteiger partial charge in [0.25, 0.3) is 0 Å². The van der Waals surface area contributed by atoms with Crippen molar-refractivity contribution in [2.24, 2.45) is 0 Å². The molecule has 7 heteroatoms. The first-order valence-electron chi connectivity index (χ1n) is 5.90. The summed E-state index contributed by atoms with van der Waals surface area (Å²) in [5, 5.41) is 0.259. The lowest BCUT2D eigenvalue weighted by Gasteiger charge is -2.26. The van der Waals surface area contributed by atoms with Crippen LogP contribution in [0.5, 0.6) is 0 Å². The summed E-state index contributed by atoms with van der Waals surface area (Å²) in [4.78, 5) is 0. The predicted octanol–water partition coefficient (Wildman–Crippen LogP) is 4.00. The Morgan fingerprint density at radius 1 is 1.26 bits per heavy atom. The fourth-order valence-electron chi connectivity index (χ4n) is 1.14. The van der Waals surface area contributed by atoms with E-state index in [0.29, 0.717) is 0 Å². The molecule has 0 bridgehead atoms. The summed E-state index contributed by atoms with van der Waals surface area (Å²) in [6, 6.07) is 1.54. The molecule has 0 aromatic heterocycles. The van der Waals surface area contributed by atoms with Crippen LogP contribution in [0.4, 0.5) is 13.2 Å². The van der Waals surface area contributed by atoms with Crippen LogP contribution in [0, 0.1) is 0 Å². The number of hydrogen-bond acceptors (Lipinski definition) is 1. The van der Waals surface area contributed by atoms with Crippen LogP contribution in [0.3, 0.4) is 0 Å². The molecule has 1 N–H and O–H groups in total. The molecule has 0 aliphatic heterocycles. The van der Waals surface area contributed by atoms with Gasteiger partial charge in [-0.3, -0.25) is 0 Å². The lowest BCUT2D eigenvalue weighted by atomic mass is 10.1. The van der Waals surface area contributed by atoms with E-state index >= 15 is 0 Å². The lowest BCUT2D eigenvalue weighted by Crippen LogP contribution is -2.41. The fourth-order valence-corrected chi connectivity index (χ4v) is 1.99. The first kappa shape index (κ1) is 14.8. The van der Waals surface area contributed by atoms with E-state index in [1.165, 1.54) is 32.9 Å². The predicted molar refractivity (Wildman–Crippen MR) is 71.3 cm³/mol. The number of halogens is 4. The molecule has 0 saturated carbocycles. The molecule has 0 heterocycles. The van der Waals surface area contributed by atoms with Crippen LogP contribution in [-0.4, -0.2) is 15.1 Å². The maximum absolute atomic E-state index is 13.2. The molecular weight excluding hydrogens is 299 g/mol. The monoisotopic (exact) mass is 314 g/mol. The summed E-state index contributed by atoms with van der Waals surface area (Å²) in [5.74, 6) is 0. The van der Waals surface area contributed by atoms with Gasteiger partial charge in [0.15, 0.2) is 0 Å². The second-order valence-corrected chi connectivity index (χ2v) is 7.27. The van der Waals surface area contributed by atoms with Gasteiger partial charge in [-0.2, -0.15) is 13.2 Å². The number of nitrogens with one attached hydrogen (secondary N) is 1. The highest BCUT2D eigenvalue weighted by Crippen LogP contribution is 2.34. The third kappa shape index (κ3) is 4.78. The zero-order valence-corrected chi connectivity index (χ0v) is 12.2. The van der Waals surface area contributed by atoms with Crippen molar-refractivity contribution in [2.45, 2.75) is 37.7 Å². The molecule has 1 rings (SSSR count). The Labute approximate surface area is 119 Å². The summed E-state index contributed by atoms with van der Waals surface area (Å²) in [5.41, 5.74) is -0.369. The summed E-state index contributed by atoms with van der Waals surface area (Å²) >= 11 is 5.63. The Bertz CT molecular complexity index is 501. The van der Waals surface area contributed by atoms with E-state index < -0.39 is 27.9 Å². The number of benzene rings is 1. The molecule has 1 aromatic rings. The minimum absolute atomic E-state index is 0.259. The fraction of sp³-hybridized carbons (Fsp3) is 0.500. The van der Waals surface area contributed by atoms with Gasteiger partial charge in [0.1, 0.15) is 6.02 Å². The highest BCUT2D eigenvalue weighted by molar-refractivity contribution is 7.84. The Morgan fingerprint density at radius 3 is 2.11 bits per heavy atom. The van der Waals surface area contributed by atoms with Crippen molar-refractivity contribution in [3.8, 4) is 0 Å². The molecule has 19 heavy (non-hydrogen) atoms. The van der Waals surface area contributed by atoms with Gasteiger partial charge < -0.3 is 0 Å². The average molecular weight is 315 g/mol. The molecule has 2 atom stereocenters. The molecule has 0 aliphatic rings. The van der Waals surface area contributed by atoms with Gasteiger partial charge >= 0.3 is 6.18 Å².